The number of hydrogen-bond donors (Lipinski definition) is 3. The van der Waals surface area contributed by atoms with Crippen molar-refractivity contribution in [1.82, 2.24) is 0 Å². The number of rotatable bonds is 4. The van der Waals surface area contributed by atoms with Crippen LogP contribution in [0.1, 0.15) is 29.6 Å². The Morgan fingerprint density at radius 2 is 1.81 bits per heavy atom. The number of amides is 1. The van der Waals surface area contributed by atoms with Crippen LogP contribution in [0.5, 0.6) is 0 Å². The molecule has 7 heteroatoms. The summed E-state index contributed by atoms with van der Waals surface area (Å²) in [4.78, 5) is 33.9. The van der Waals surface area contributed by atoms with Crippen LogP contribution >= 0.6 is 11.6 Å². The van der Waals surface area contributed by atoms with E-state index in [0.29, 0.717) is 24.9 Å². The summed E-state index contributed by atoms with van der Waals surface area (Å²) >= 11 is 5.75. The average Bonchev–Trinajstić information content (AvgIpc) is 2.90. The van der Waals surface area contributed by atoms with Crippen LogP contribution in [0.3, 0.4) is 0 Å². The predicted octanol–water partition coefficient (Wildman–Crippen LogP) is 2.48. The zero-order valence-corrected chi connectivity index (χ0v) is 11.8. The van der Waals surface area contributed by atoms with E-state index in [1.165, 1.54) is 18.2 Å². The van der Waals surface area contributed by atoms with Gasteiger partial charge in [-0.25, -0.2) is 4.79 Å². The highest BCUT2D eigenvalue weighted by atomic mass is 35.5. The molecular weight excluding hydrogens is 298 g/mol. The second-order valence-electron chi connectivity index (χ2n) is 5.03. The Labute approximate surface area is 125 Å². The lowest BCUT2D eigenvalue weighted by molar-refractivity contribution is -0.141. The summed E-state index contributed by atoms with van der Waals surface area (Å²) in [6, 6.07) is 4.19. The Bertz CT molecular complexity index is 601. The summed E-state index contributed by atoms with van der Waals surface area (Å²) in [6.45, 7) is 0. The molecule has 1 fully saturated rings. The molecule has 0 saturated heterocycles. The molecule has 0 aromatic heterocycles. The predicted molar refractivity (Wildman–Crippen MR) is 75.5 cm³/mol. The van der Waals surface area contributed by atoms with Gasteiger partial charge in [0.2, 0.25) is 5.91 Å². The van der Waals surface area contributed by atoms with E-state index in [0.717, 1.165) is 0 Å². The molecule has 1 saturated carbocycles. The molecule has 1 amide bonds. The van der Waals surface area contributed by atoms with Crippen LogP contribution in [-0.4, -0.2) is 28.1 Å². The third-order valence-electron chi connectivity index (χ3n) is 3.62. The van der Waals surface area contributed by atoms with Gasteiger partial charge in [0.05, 0.1) is 16.5 Å². The van der Waals surface area contributed by atoms with Crippen molar-refractivity contribution in [3.63, 3.8) is 0 Å². The Kier molecular flexibility index (Phi) is 4.47. The molecule has 1 aromatic rings. The highest BCUT2D eigenvalue weighted by Crippen LogP contribution is 2.32. The highest BCUT2D eigenvalue weighted by molar-refractivity contribution is 6.33. The fourth-order valence-corrected chi connectivity index (χ4v) is 2.65. The molecule has 0 spiro atoms. The summed E-state index contributed by atoms with van der Waals surface area (Å²) in [7, 11) is 0. The number of nitrogens with one attached hydrogen (secondary N) is 1. The standard InChI is InChI=1S/C14H14ClNO5/c15-11-4-3-9(6-10(11)14(20)21)16-12(17)7-1-2-8(5-7)13(18)19/h3-4,6-8H,1-2,5H2,(H,16,17)(H,18,19)(H,20,21)/t7-,8+/m1/s1. The number of carbonyl (C=O) groups is 3. The van der Waals surface area contributed by atoms with E-state index < -0.39 is 17.9 Å². The number of hydrogen-bond acceptors (Lipinski definition) is 3. The van der Waals surface area contributed by atoms with Gasteiger partial charge in [0.25, 0.3) is 0 Å². The summed E-state index contributed by atoms with van der Waals surface area (Å²) in [6.07, 6.45) is 1.30. The minimum atomic E-state index is -1.18. The lowest BCUT2D eigenvalue weighted by atomic mass is 10.0. The summed E-state index contributed by atoms with van der Waals surface area (Å²) in [5, 5.41) is 20.6. The van der Waals surface area contributed by atoms with Crippen molar-refractivity contribution in [1.29, 1.82) is 0 Å². The van der Waals surface area contributed by atoms with Crippen molar-refractivity contribution in [3.8, 4) is 0 Å². The van der Waals surface area contributed by atoms with E-state index in [4.69, 9.17) is 21.8 Å². The van der Waals surface area contributed by atoms with E-state index in [9.17, 15) is 14.4 Å². The smallest absolute Gasteiger partial charge is 0.337 e. The van der Waals surface area contributed by atoms with E-state index >= 15 is 0 Å². The number of carboxylic acid groups (broad SMARTS) is 2. The Balaban J connectivity index is 2.05. The van der Waals surface area contributed by atoms with Crippen LogP contribution in [0, 0.1) is 11.8 Å². The topological polar surface area (TPSA) is 104 Å². The van der Waals surface area contributed by atoms with Crippen LogP contribution in [0.15, 0.2) is 18.2 Å². The molecule has 6 nitrogen and oxygen atoms in total. The van der Waals surface area contributed by atoms with Gasteiger partial charge >= 0.3 is 11.9 Å². The Hall–Kier alpha value is -2.08. The molecule has 1 aromatic carbocycles. The minimum Gasteiger partial charge on any atom is -0.481 e. The number of anilines is 1. The summed E-state index contributed by atoms with van der Waals surface area (Å²) in [5.74, 6) is -3.21. The zero-order chi connectivity index (χ0) is 15.6. The van der Waals surface area contributed by atoms with E-state index in [1.807, 2.05) is 0 Å². The first-order valence-electron chi connectivity index (χ1n) is 6.45. The van der Waals surface area contributed by atoms with Crippen molar-refractivity contribution in [2.24, 2.45) is 11.8 Å². The Morgan fingerprint density at radius 1 is 1.14 bits per heavy atom. The van der Waals surface area contributed by atoms with Crippen LogP contribution in [-0.2, 0) is 9.59 Å². The number of carbonyl (C=O) groups excluding carboxylic acids is 1. The van der Waals surface area contributed by atoms with Crippen molar-refractivity contribution < 1.29 is 24.6 Å². The SMILES string of the molecule is O=C(O)c1cc(NC(=O)[C@@H]2CC[C@H](C(=O)O)C2)ccc1Cl. The number of benzene rings is 1. The van der Waals surface area contributed by atoms with Gasteiger partial charge in [-0.3, -0.25) is 9.59 Å². The molecule has 0 aliphatic heterocycles. The maximum Gasteiger partial charge on any atom is 0.337 e. The van der Waals surface area contributed by atoms with Crippen LogP contribution < -0.4 is 5.32 Å². The Morgan fingerprint density at radius 3 is 2.38 bits per heavy atom. The lowest BCUT2D eigenvalue weighted by Gasteiger charge is -2.11. The second kappa shape index (κ2) is 6.13. The van der Waals surface area contributed by atoms with Gasteiger partial charge in [-0.1, -0.05) is 11.6 Å². The van der Waals surface area contributed by atoms with Crippen LogP contribution in [0.4, 0.5) is 5.69 Å². The summed E-state index contributed by atoms with van der Waals surface area (Å²) < 4.78 is 0. The molecule has 0 bridgehead atoms. The zero-order valence-electron chi connectivity index (χ0n) is 11.0. The third-order valence-corrected chi connectivity index (χ3v) is 3.95. The molecule has 21 heavy (non-hydrogen) atoms. The first-order chi connectivity index (χ1) is 9.88. The van der Waals surface area contributed by atoms with Gasteiger partial charge in [0, 0.05) is 11.6 Å². The molecular formula is C14H14ClNO5. The van der Waals surface area contributed by atoms with Crippen molar-refractivity contribution in [2.45, 2.75) is 19.3 Å². The van der Waals surface area contributed by atoms with Crippen molar-refractivity contribution in [3.05, 3.63) is 28.8 Å². The molecule has 0 radical (unpaired) electrons. The number of aliphatic carboxylic acids is 1. The maximum atomic E-state index is 12.1. The molecule has 0 unspecified atom stereocenters. The molecule has 0 heterocycles. The van der Waals surface area contributed by atoms with E-state index in [2.05, 4.69) is 5.32 Å². The third kappa shape index (κ3) is 3.52. The molecule has 3 N–H and O–H groups in total. The largest absolute Gasteiger partial charge is 0.481 e. The maximum absolute atomic E-state index is 12.1. The van der Waals surface area contributed by atoms with Crippen molar-refractivity contribution >= 4 is 35.1 Å². The van der Waals surface area contributed by atoms with Gasteiger partial charge in [-0.2, -0.15) is 0 Å². The molecule has 2 atom stereocenters. The monoisotopic (exact) mass is 311 g/mol. The highest BCUT2D eigenvalue weighted by Gasteiger charge is 2.33. The summed E-state index contributed by atoms with van der Waals surface area (Å²) in [5.41, 5.74) is 0.241. The molecule has 1 aliphatic carbocycles. The lowest BCUT2D eigenvalue weighted by Crippen LogP contribution is -2.21. The average molecular weight is 312 g/mol. The van der Waals surface area contributed by atoms with Gasteiger partial charge in [0.15, 0.2) is 0 Å². The van der Waals surface area contributed by atoms with Crippen LogP contribution in [0.25, 0.3) is 0 Å². The molecule has 1 aliphatic rings. The number of carboxylic acids is 2. The van der Waals surface area contributed by atoms with Gasteiger partial charge < -0.3 is 15.5 Å². The first kappa shape index (κ1) is 15.3. The molecule has 112 valence electrons. The normalized spacial score (nSPS) is 21.0. The van der Waals surface area contributed by atoms with Gasteiger partial charge in [-0.05, 0) is 37.5 Å². The number of halogens is 1. The van der Waals surface area contributed by atoms with Crippen LogP contribution in [0.2, 0.25) is 5.02 Å². The first-order valence-corrected chi connectivity index (χ1v) is 6.82. The van der Waals surface area contributed by atoms with Gasteiger partial charge in [0.1, 0.15) is 0 Å². The second-order valence-corrected chi connectivity index (χ2v) is 5.44. The van der Waals surface area contributed by atoms with Crippen molar-refractivity contribution in [2.75, 3.05) is 5.32 Å². The molecule has 2 rings (SSSR count). The van der Waals surface area contributed by atoms with Gasteiger partial charge in [-0.15, -0.1) is 0 Å². The number of aromatic carboxylic acids is 1. The quantitative estimate of drug-likeness (QED) is 0.792. The fourth-order valence-electron chi connectivity index (χ4n) is 2.46. The minimum absolute atomic E-state index is 0.0901. The fraction of sp³-hybridized carbons (Fsp3) is 0.357. The van der Waals surface area contributed by atoms with E-state index in [1.54, 1.807) is 0 Å². The van der Waals surface area contributed by atoms with E-state index in [-0.39, 0.29) is 22.4 Å².